The van der Waals surface area contributed by atoms with Gasteiger partial charge in [-0.3, -0.25) is 0 Å². The lowest BCUT2D eigenvalue weighted by Gasteiger charge is -2.09. The molecule has 0 spiro atoms. The standard InChI is InChI=1S/C12H11ClN2O/c1-7(16)9-6-14-15-5-4-10(13)12(15)11(9)8-2-3-8/h4-6,8,16H,1-3H2. The highest BCUT2D eigenvalue weighted by atomic mass is 35.5. The summed E-state index contributed by atoms with van der Waals surface area (Å²) in [6, 6.07) is 1.82. The van der Waals surface area contributed by atoms with Crippen LogP contribution >= 0.6 is 11.6 Å². The van der Waals surface area contributed by atoms with Gasteiger partial charge in [0.15, 0.2) is 0 Å². The molecule has 0 atom stereocenters. The maximum atomic E-state index is 9.58. The molecule has 1 fully saturated rings. The van der Waals surface area contributed by atoms with Crippen molar-refractivity contribution in [2.45, 2.75) is 18.8 Å². The number of hydrogen-bond donors (Lipinski definition) is 1. The molecule has 0 aliphatic heterocycles. The quantitative estimate of drug-likeness (QED) is 0.809. The van der Waals surface area contributed by atoms with Gasteiger partial charge in [0, 0.05) is 11.8 Å². The van der Waals surface area contributed by atoms with Crippen LogP contribution in [0.15, 0.2) is 25.0 Å². The van der Waals surface area contributed by atoms with Crippen molar-refractivity contribution < 1.29 is 5.11 Å². The van der Waals surface area contributed by atoms with Gasteiger partial charge in [-0.25, -0.2) is 4.52 Å². The van der Waals surface area contributed by atoms with Crippen molar-refractivity contribution in [2.24, 2.45) is 0 Å². The topological polar surface area (TPSA) is 37.5 Å². The molecule has 2 heterocycles. The Morgan fingerprint density at radius 3 is 2.94 bits per heavy atom. The number of halogens is 1. The van der Waals surface area contributed by atoms with Crippen LogP contribution in [0.3, 0.4) is 0 Å². The predicted molar refractivity (Wildman–Crippen MR) is 63.8 cm³/mol. The molecule has 3 rings (SSSR count). The van der Waals surface area contributed by atoms with Crippen LogP contribution in [0.4, 0.5) is 0 Å². The minimum absolute atomic E-state index is 0.0640. The first-order chi connectivity index (χ1) is 7.68. The molecule has 1 N–H and O–H groups in total. The molecule has 0 saturated heterocycles. The summed E-state index contributed by atoms with van der Waals surface area (Å²) in [6.07, 6.45) is 5.76. The smallest absolute Gasteiger partial charge is 0.117 e. The number of rotatable bonds is 2. The van der Waals surface area contributed by atoms with E-state index in [0.717, 1.165) is 29.5 Å². The van der Waals surface area contributed by atoms with E-state index in [1.807, 2.05) is 12.3 Å². The van der Waals surface area contributed by atoms with Crippen molar-refractivity contribution in [3.05, 3.63) is 41.2 Å². The van der Waals surface area contributed by atoms with Gasteiger partial charge in [-0.15, -0.1) is 0 Å². The van der Waals surface area contributed by atoms with E-state index in [4.69, 9.17) is 11.6 Å². The van der Waals surface area contributed by atoms with Crippen molar-refractivity contribution in [2.75, 3.05) is 0 Å². The van der Waals surface area contributed by atoms with E-state index in [1.54, 1.807) is 10.7 Å². The first kappa shape index (κ1) is 9.73. The Balaban J connectivity index is 2.38. The third-order valence-electron chi connectivity index (χ3n) is 2.97. The molecule has 16 heavy (non-hydrogen) atoms. The Labute approximate surface area is 98.0 Å². The van der Waals surface area contributed by atoms with E-state index < -0.39 is 0 Å². The molecule has 2 aromatic rings. The lowest BCUT2D eigenvalue weighted by Crippen LogP contribution is -1.99. The second kappa shape index (κ2) is 3.25. The van der Waals surface area contributed by atoms with Crippen LogP contribution in [0.25, 0.3) is 11.3 Å². The molecule has 0 bridgehead atoms. The maximum Gasteiger partial charge on any atom is 0.117 e. The second-order valence-electron chi connectivity index (χ2n) is 4.15. The normalized spacial score (nSPS) is 15.6. The SMILES string of the molecule is C=C(O)c1cnn2ccc(Cl)c2c1C1CC1. The molecular weight excluding hydrogens is 224 g/mol. The molecule has 0 radical (unpaired) electrons. The van der Waals surface area contributed by atoms with Crippen LogP contribution in [0.1, 0.15) is 29.9 Å². The largest absolute Gasteiger partial charge is 0.508 e. The van der Waals surface area contributed by atoms with Gasteiger partial charge in [-0.05, 0) is 30.4 Å². The van der Waals surface area contributed by atoms with E-state index in [2.05, 4.69) is 11.7 Å². The molecule has 0 amide bonds. The minimum Gasteiger partial charge on any atom is -0.508 e. The van der Waals surface area contributed by atoms with Gasteiger partial charge in [-0.1, -0.05) is 18.2 Å². The van der Waals surface area contributed by atoms with Crippen molar-refractivity contribution in [1.29, 1.82) is 0 Å². The number of hydrogen-bond acceptors (Lipinski definition) is 2. The zero-order valence-electron chi connectivity index (χ0n) is 8.65. The van der Waals surface area contributed by atoms with Gasteiger partial charge in [-0.2, -0.15) is 5.10 Å². The van der Waals surface area contributed by atoms with Crippen molar-refractivity contribution in [3.63, 3.8) is 0 Å². The van der Waals surface area contributed by atoms with Crippen molar-refractivity contribution in [3.8, 4) is 0 Å². The van der Waals surface area contributed by atoms with Crippen LogP contribution in [0.2, 0.25) is 5.02 Å². The summed E-state index contributed by atoms with van der Waals surface area (Å²) in [5.41, 5.74) is 2.70. The lowest BCUT2D eigenvalue weighted by molar-refractivity contribution is 0.512. The van der Waals surface area contributed by atoms with E-state index in [9.17, 15) is 5.11 Å². The van der Waals surface area contributed by atoms with E-state index in [-0.39, 0.29) is 5.76 Å². The van der Waals surface area contributed by atoms with E-state index >= 15 is 0 Å². The predicted octanol–water partition coefficient (Wildman–Crippen LogP) is 3.39. The average molecular weight is 235 g/mol. The van der Waals surface area contributed by atoms with Crippen molar-refractivity contribution in [1.82, 2.24) is 9.61 Å². The summed E-state index contributed by atoms with van der Waals surface area (Å²) in [7, 11) is 0. The monoisotopic (exact) mass is 234 g/mol. The van der Waals surface area contributed by atoms with Crippen LogP contribution in [0, 0.1) is 0 Å². The third kappa shape index (κ3) is 1.32. The number of fused-ring (bicyclic) bond motifs is 1. The number of nitrogens with zero attached hydrogens (tertiary/aromatic N) is 2. The minimum atomic E-state index is 0.0640. The molecule has 1 aliphatic rings. The number of aliphatic hydroxyl groups is 1. The first-order valence-electron chi connectivity index (χ1n) is 5.22. The molecule has 2 aromatic heterocycles. The Bertz CT molecular complexity index is 584. The zero-order chi connectivity index (χ0) is 11.3. The fraction of sp³-hybridized carbons (Fsp3) is 0.250. The molecular formula is C12H11ClN2O. The third-order valence-corrected chi connectivity index (χ3v) is 3.28. The number of aliphatic hydroxyl groups excluding tert-OH is 1. The highest BCUT2D eigenvalue weighted by Crippen LogP contribution is 2.45. The van der Waals surface area contributed by atoms with Gasteiger partial charge in [0.05, 0.1) is 16.7 Å². The zero-order valence-corrected chi connectivity index (χ0v) is 9.41. The van der Waals surface area contributed by atoms with Gasteiger partial charge in [0.25, 0.3) is 0 Å². The summed E-state index contributed by atoms with van der Waals surface area (Å²) in [6.45, 7) is 3.58. The molecule has 1 saturated carbocycles. The summed E-state index contributed by atoms with van der Waals surface area (Å²) in [4.78, 5) is 0. The fourth-order valence-electron chi connectivity index (χ4n) is 2.08. The van der Waals surface area contributed by atoms with Crippen LogP contribution in [0.5, 0.6) is 0 Å². The summed E-state index contributed by atoms with van der Waals surface area (Å²) in [5.74, 6) is 0.547. The second-order valence-corrected chi connectivity index (χ2v) is 4.56. The van der Waals surface area contributed by atoms with Crippen LogP contribution in [-0.2, 0) is 0 Å². The average Bonchev–Trinajstić information content (AvgIpc) is 3.02. The van der Waals surface area contributed by atoms with Gasteiger partial charge in [0.2, 0.25) is 0 Å². The Kier molecular flexibility index (Phi) is 1.98. The van der Waals surface area contributed by atoms with Gasteiger partial charge in [0.1, 0.15) is 5.76 Å². The molecule has 0 aromatic carbocycles. The summed E-state index contributed by atoms with van der Waals surface area (Å²) < 4.78 is 1.75. The molecule has 3 nitrogen and oxygen atoms in total. The van der Waals surface area contributed by atoms with E-state index in [1.165, 1.54) is 0 Å². The highest BCUT2D eigenvalue weighted by molar-refractivity contribution is 6.34. The summed E-state index contributed by atoms with van der Waals surface area (Å²) >= 11 is 6.15. The van der Waals surface area contributed by atoms with Gasteiger partial charge >= 0.3 is 0 Å². The first-order valence-corrected chi connectivity index (χ1v) is 5.60. The van der Waals surface area contributed by atoms with Crippen LogP contribution in [-0.4, -0.2) is 14.7 Å². The Morgan fingerprint density at radius 2 is 2.31 bits per heavy atom. The van der Waals surface area contributed by atoms with Gasteiger partial charge < -0.3 is 5.11 Å². The molecule has 4 heteroatoms. The summed E-state index contributed by atoms with van der Waals surface area (Å²) in [5, 5.41) is 14.5. The molecule has 0 unspecified atom stereocenters. The highest BCUT2D eigenvalue weighted by Gasteiger charge is 2.30. The van der Waals surface area contributed by atoms with Crippen LogP contribution < -0.4 is 0 Å². The van der Waals surface area contributed by atoms with Crippen molar-refractivity contribution >= 4 is 22.9 Å². The number of aromatic nitrogens is 2. The molecule has 82 valence electrons. The Morgan fingerprint density at radius 1 is 1.56 bits per heavy atom. The molecule has 1 aliphatic carbocycles. The Hall–Kier alpha value is -1.48. The fourth-order valence-corrected chi connectivity index (χ4v) is 2.32. The maximum absolute atomic E-state index is 9.58. The van der Waals surface area contributed by atoms with E-state index in [0.29, 0.717) is 10.9 Å². The lowest BCUT2D eigenvalue weighted by atomic mass is 10.0.